The third kappa shape index (κ3) is 2.80. The van der Waals surface area contributed by atoms with Gasteiger partial charge in [0.25, 0.3) is 0 Å². The molecule has 126 valence electrons. The molecular formula is C18H19NO4S. The van der Waals surface area contributed by atoms with Crippen molar-refractivity contribution in [2.75, 3.05) is 13.1 Å². The van der Waals surface area contributed by atoms with Crippen molar-refractivity contribution in [1.82, 2.24) is 4.31 Å². The van der Waals surface area contributed by atoms with Gasteiger partial charge in [0.1, 0.15) is 5.76 Å². The molecule has 1 aromatic carbocycles. The molecular weight excluding hydrogens is 326 g/mol. The highest BCUT2D eigenvalue weighted by Gasteiger charge is 2.35. The first-order valence-electron chi connectivity index (χ1n) is 8.23. The molecule has 1 unspecified atom stereocenters. The van der Waals surface area contributed by atoms with Crippen LogP contribution in [0, 0.1) is 5.92 Å². The Morgan fingerprint density at radius 1 is 1.08 bits per heavy atom. The van der Waals surface area contributed by atoms with Crippen LogP contribution in [0.15, 0.2) is 52.0 Å². The summed E-state index contributed by atoms with van der Waals surface area (Å²) in [6, 6.07) is 10.1. The third-order valence-electron chi connectivity index (χ3n) is 4.82. The highest BCUT2D eigenvalue weighted by Crippen LogP contribution is 2.34. The van der Waals surface area contributed by atoms with Gasteiger partial charge >= 0.3 is 0 Å². The number of sulfonamides is 1. The molecule has 1 saturated heterocycles. The molecule has 4 rings (SSSR count). The predicted octanol–water partition coefficient (Wildman–Crippen LogP) is 3.05. The summed E-state index contributed by atoms with van der Waals surface area (Å²) in [6.07, 6.45) is 4.26. The van der Waals surface area contributed by atoms with Gasteiger partial charge in [-0.3, -0.25) is 4.79 Å². The summed E-state index contributed by atoms with van der Waals surface area (Å²) in [4.78, 5) is 12.3. The van der Waals surface area contributed by atoms with Gasteiger partial charge < -0.3 is 4.42 Å². The van der Waals surface area contributed by atoms with Crippen molar-refractivity contribution >= 4 is 15.8 Å². The van der Waals surface area contributed by atoms with Gasteiger partial charge in [-0.25, -0.2) is 8.42 Å². The number of nitrogens with zero attached hydrogens (tertiary/aromatic N) is 1. The monoisotopic (exact) mass is 345 g/mol. The minimum Gasteiger partial charge on any atom is -0.469 e. The van der Waals surface area contributed by atoms with Crippen molar-refractivity contribution in [3.63, 3.8) is 0 Å². The molecule has 1 aliphatic carbocycles. The van der Waals surface area contributed by atoms with E-state index in [9.17, 15) is 13.2 Å². The first-order valence-corrected chi connectivity index (χ1v) is 9.67. The van der Waals surface area contributed by atoms with Crippen molar-refractivity contribution in [3.8, 4) is 0 Å². The van der Waals surface area contributed by atoms with E-state index in [0.717, 1.165) is 25.0 Å². The number of hydrogen-bond donors (Lipinski definition) is 0. The molecule has 1 saturated carbocycles. The zero-order valence-corrected chi connectivity index (χ0v) is 14.0. The average Bonchev–Trinajstić information content (AvgIpc) is 3.09. The first-order chi connectivity index (χ1) is 11.6. The number of carbonyl (C=O) groups excluding carboxylic acids is 1. The van der Waals surface area contributed by atoms with Crippen LogP contribution >= 0.6 is 0 Å². The van der Waals surface area contributed by atoms with E-state index in [1.807, 2.05) is 12.1 Å². The van der Waals surface area contributed by atoms with E-state index in [0.29, 0.717) is 18.7 Å². The van der Waals surface area contributed by atoms with Gasteiger partial charge in [0, 0.05) is 30.5 Å². The van der Waals surface area contributed by atoms with E-state index in [2.05, 4.69) is 0 Å². The molecule has 2 aromatic rings. The molecule has 2 heterocycles. The van der Waals surface area contributed by atoms with Gasteiger partial charge in [0.2, 0.25) is 10.0 Å². The molecule has 6 heteroatoms. The smallest absolute Gasteiger partial charge is 0.243 e. The number of Topliss-reactive ketones (excluding diaryl/α,β-unsaturated/α-hetero) is 1. The van der Waals surface area contributed by atoms with E-state index >= 15 is 0 Å². The Hall–Kier alpha value is -1.92. The second kappa shape index (κ2) is 5.86. The van der Waals surface area contributed by atoms with Crippen LogP contribution in [0.4, 0.5) is 0 Å². The second-order valence-electron chi connectivity index (χ2n) is 6.53. The minimum atomic E-state index is -3.53. The summed E-state index contributed by atoms with van der Waals surface area (Å²) in [6.45, 7) is 0.912. The van der Waals surface area contributed by atoms with Gasteiger partial charge in [0.15, 0.2) is 5.78 Å². The summed E-state index contributed by atoms with van der Waals surface area (Å²) in [7, 11) is -3.53. The zero-order valence-electron chi connectivity index (χ0n) is 13.2. The van der Waals surface area contributed by atoms with Crippen LogP contribution in [0.3, 0.4) is 0 Å². The van der Waals surface area contributed by atoms with Crippen molar-refractivity contribution in [1.29, 1.82) is 0 Å². The Balaban J connectivity index is 1.51. The van der Waals surface area contributed by atoms with Crippen molar-refractivity contribution in [2.24, 2.45) is 5.92 Å². The van der Waals surface area contributed by atoms with Gasteiger partial charge in [-0.15, -0.1) is 0 Å². The van der Waals surface area contributed by atoms with Crippen LogP contribution < -0.4 is 0 Å². The standard InChI is InChI=1S/C18H19NO4S/c20-18(13-3-4-13)14-5-7-16(8-6-14)24(21,22)19-10-9-15(12-19)17-2-1-11-23-17/h1-2,5-8,11,13,15H,3-4,9-10,12H2. The van der Waals surface area contributed by atoms with E-state index in [4.69, 9.17) is 4.42 Å². The largest absolute Gasteiger partial charge is 0.469 e. The molecule has 1 aliphatic heterocycles. The third-order valence-corrected chi connectivity index (χ3v) is 6.70. The molecule has 24 heavy (non-hydrogen) atoms. The number of benzene rings is 1. The molecule has 1 atom stereocenters. The lowest BCUT2D eigenvalue weighted by molar-refractivity contribution is 0.0967. The van der Waals surface area contributed by atoms with Crippen molar-refractivity contribution < 1.29 is 17.6 Å². The molecule has 0 amide bonds. The van der Waals surface area contributed by atoms with E-state index < -0.39 is 10.0 Å². The van der Waals surface area contributed by atoms with E-state index in [-0.39, 0.29) is 22.5 Å². The Kier molecular flexibility index (Phi) is 3.81. The number of hydrogen-bond acceptors (Lipinski definition) is 4. The van der Waals surface area contributed by atoms with Crippen molar-refractivity contribution in [3.05, 3.63) is 54.0 Å². The van der Waals surface area contributed by atoms with Gasteiger partial charge in [-0.05, 0) is 43.5 Å². The lowest BCUT2D eigenvalue weighted by Gasteiger charge is -2.16. The highest BCUT2D eigenvalue weighted by molar-refractivity contribution is 7.89. The summed E-state index contributed by atoms with van der Waals surface area (Å²) < 4.78 is 32.5. The number of rotatable bonds is 5. The van der Waals surface area contributed by atoms with Crippen LogP contribution in [0.25, 0.3) is 0 Å². The molecule has 2 aliphatic rings. The van der Waals surface area contributed by atoms with Crippen LogP contribution in [0.2, 0.25) is 0 Å². The molecule has 0 spiro atoms. The molecule has 2 fully saturated rings. The summed E-state index contributed by atoms with van der Waals surface area (Å²) in [5.74, 6) is 1.20. The average molecular weight is 345 g/mol. The zero-order chi connectivity index (χ0) is 16.7. The number of furan rings is 1. The molecule has 0 N–H and O–H groups in total. The van der Waals surface area contributed by atoms with Crippen LogP contribution in [0.1, 0.15) is 41.3 Å². The maximum atomic E-state index is 12.8. The summed E-state index contributed by atoms with van der Waals surface area (Å²) >= 11 is 0. The maximum Gasteiger partial charge on any atom is 0.243 e. The van der Waals surface area contributed by atoms with Crippen molar-refractivity contribution in [2.45, 2.75) is 30.1 Å². The lowest BCUT2D eigenvalue weighted by Crippen LogP contribution is -2.28. The predicted molar refractivity (Wildman–Crippen MR) is 88.3 cm³/mol. The Labute approximate surface area is 141 Å². The molecule has 1 aromatic heterocycles. The Morgan fingerprint density at radius 2 is 1.83 bits per heavy atom. The number of carbonyl (C=O) groups is 1. The minimum absolute atomic E-state index is 0.102. The molecule has 5 nitrogen and oxygen atoms in total. The fraction of sp³-hybridized carbons (Fsp3) is 0.389. The summed E-state index contributed by atoms with van der Waals surface area (Å²) in [5, 5.41) is 0. The Morgan fingerprint density at radius 3 is 2.46 bits per heavy atom. The highest BCUT2D eigenvalue weighted by atomic mass is 32.2. The van der Waals surface area contributed by atoms with Gasteiger partial charge in [-0.1, -0.05) is 12.1 Å². The first kappa shape index (κ1) is 15.6. The van der Waals surface area contributed by atoms with Crippen LogP contribution in [0.5, 0.6) is 0 Å². The fourth-order valence-corrected chi connectivity index (χ4v) is 4.72. The van der Waals surface area contributed by atoms with E-state index in [1.54, 1.807) is 30.5 Å². The van der Waals surface area contributed by atoms with Gasteiger partial charge in [0.05, 0.1) is 11.2 Å². The van der Waals surface area contributed by atoms with Crippen LogP contribution in [-0.2, 0) is 10.0 Å². The van der Waals surface area contributed by atoms with Crippen LogP contribution in [-0.4, -0.2) is 31.6 Å². The van der Waals surface area contributed by atoms with E-state index in [1.165, 1.54) is 4.31 Å². The molecule has 0 bridgehead atoms. The number of ketones is 1. The normalized spacial score (nSPS) is 21.9. The quantitative estimate of drug-likeness (QED) is 0.781. The second-order valence-corrected chi connectivity index (χ2v) is 8.46. The maximum absolute atomic E-state index is 12.8. The lowest BCUT2D eigenvalue weighted by atomic mass is 10.1. The topological polar surface area (TPSA) is 67.6 Å². The SMILES string of the molecule is O=C(c1ccc(S(=O)(=O)N2CCC(c3ccco3)C2)cc1)C1CC1. The molecule has 0 radical (unpaired) electrons. The van der Waals surface area contributed by atoms with Gasteiger partial charge in [-0.2, -0.15) is 4.31 Å². The Bertz CT molecular complexity index is 836. The summed E-state index contributed by atoms with van der Waals surface area (Å²) in [5.41, 5.74) is 0.603. The fourth-order valence-electron chi connectivity index (χ4n) is 3.22.